The van der Waals surface area contributed by atoms with Gasteiger partial charge in [-0.1, -0.05) is 30.3 Å². The van der Waals surface area contributed by atoms with Gasteiger partial charge in [0.15, 0.2) is 5.78 Å². The molecule has 0 unspecified atom stereocenters. The first-order valence-electron chi connectivity index (χ1n) is 7.18. The SMILES string of the molecule is CC(=O)c1c(CC(=O)O)cc(OCc2ccccc2)cc1C(=O)O. The molecule has 0 bridgehead atoms. The Morgan fingerprint density at radius 2 is 1.71 bits per heavy atom. The fourth-order valence-corrected chi connectivity index (χ4v) is 2.38. The maximum absolute atomic E-state index is 11.8. The van der Waals surface area contributed by atoms with E-state index >= 15 is 0 Å². The molecule has 0 aliphatic rings. The molecule has 0 radical (unpaired) electrons. The zero-order valence-electron chi connectivity index (χ0n) is 13.0. The lowest BCUT2D eigenvalue weighted by atomic mass is 9.95. The summed E-state index contributed by atoms with van der Waals surface area (Å²) in [4.78, 5) is 34.2. The maximum atomic E-state index is 11.8. The third-order valence-corrected chi connectivity index (χ3v) is 3.37. The number of Topliss-reactive ketones (excluding diaryl/α,β-unsaturated/α-hetero) is 1. The topological polar surface area (TPSA) is 101 Å². The third-order valence-electron chi connectivity index (χ3n) is 3.37. The Labute approximate surface area is 138 Å². The second-order valence-corrected chi connectivity index (χ2v) is 5.21. The van der Waals surface area contributed by atoms with Crippen LogP contribution in [-0.4, -0.2) is 27.9 Å². The van der Waals surface area contributed by atoms with E-state index in [9.17, 15) is 19.5 Å². The Hall–Kier alpha value is -3.15. The first-order chi connectivity index (χ1) is 11.4. The van der Waals surface area contributed by atoms with Crippen molar-refractivity contribution in [2.24, 2.45) is 0 Å². The highest BCUT2D eigenvalue weighted by molar-refractivity contribution is 6.06. The van der Waals surface area contributed by atoms with Crippen molar-refractivity contribution in [3.63, 3.8) is 0 Å². The zero-order chi connectivity index (χ0) is 17.7. The first-order valence-corrected chi connectivity index (χ1v) is 7.18. The van der Waals surface area contributed by atoms with Crippen molar-refractivity contribution in [2.45, 2.75) is 20.0 Å². The van der Waals surface area contributed by atoms with Crippen molar-refractivity contribution < 1.29 is 29.3 Å². The average molecular weight is 328 g/mol. The average Bonchev–Trinajstić information content (AvgIpc) is 2.52. The van der Waals surface area contributed by atoms with Crippen molar-refractivity contribution in [1.29, 1.82) is 0 Å². The Balaban J connectivity index is 2.41. The van der Waals surface area contributed by atoms with Crippen LogP contribution in [0.1, 0.15) is 38.8 Å². The second kappa shape index (κ2) is 7.41. The van der Waals surface area contributed by atoms with Gasteiger partial charge in [0.25, 0.3) is 0 Å². The van der Waals surface area contributed by atoms with E-state index in [1.807, 2.05) is 30.3 Å². The fourth-order valence-electron chi connectivity index (χ4n) is 2.38. The van der Waals surface area contributed by atoms with Crippen LogP contribution in [0.5, 0.6) is 5.75 Å². The van der Waals surface area contributed by atoms with E-state index < -0.39 is 24.1 Å². The lowest BCUT2D eigenvalue weighted by Gasteiger charge is -2.13. The molecule has 0 heterocycles. The molecule has 0 saturated heterocycles. The van der Waals surface area contributed by atoms with Crippen LogP contribution < -0.4 is 4.74 Å². The van der Waals surface area contributed by atoms with E-state index in [-0.39, 0.29) is 29.0 Å². The molecule has 0 saturated carbocycles. The van der Waals surface area contributed by atoms with Crippen LogP contribution in [0, 0.1) is 0 Å². The molecule has 24 heavy (non-hydrogen) atoms. The van der Waals surface area contributed by atoms with Gasteiger partial charge in [0, 0.05) is 5.56 Å². The number of hydrogen-bond acceptors (Lipinski definition) is 4. The lowest BCUT2D eigenvalue weighted by molar-refractivity contribution is -0.136. The van der Waals surface area contributed by atoms with E-state index in [1.54, 1.807) is 0 Å². The molecule has 124 valence electrons. The van der Waals surface area contributed by atoms with Crippen LogP contribution >= 0.6 is 0 Å². The number of ether oxygens (including phenoxy) is 1. The second-order valence-electron chi connectivity index (χ2n) is 5.21. The van der Waals surface area contributed by atoms with E-state index in [0.29, 0.717) is 0 Å². The van der Waals surface area contributed by atoms with Gasteiger partial charge in [0.05, 0.1) is 12.0 Å². The number of carboxylic acid groups (broad SMARTS) is 2. The highest BCUT2D eigenvalue weighted by atomic mass is 16.5. The minimum atomic E-state index is -1.31. The number of benzene rings is 2. The van der Waals surface area contributed by atoms with Crippen LogP contribution in [0.3, 0.4) is 0 Å². The minimum Gasteiger partial charge on any atom is -0.489 e. The summed E-state index contributed by atoms with van der Waals surface area (Å²) in [6.07, 6.45) is -0.461. The molecule has 2 aromatic rings. The van der Waals surface area contributed by atoms with E-state index in [2.05, 4.69) is 0 Å². The highest BCUT2D eigenvalue weighted by Crippen LogP contribution is 2.25. The van der Waals surface area contributed by atoms with Gasteiger partial charge in [-0.05, 0) is 30.2 Å². The van der Waals surface area contributed by atoms with Gasteiger partial charge in [-0.3, -0.25) is 9.59 Å². The number of carboxylic acids is 2. The van der Waals surface area contributed by atoms with Crippen LogP contribution in [0.25, 0.3) is 0 Å². The third kappa shape index (κ3) is 4.19. The van der Waals surface area contributed by atoms with E-state index in [0.717, 1.165) is 5.56 Å². The maximum Gasteiger partial charge on any atom is 0.336 e. The van der Waals surface area contributed by atoms with Crippen molar-refractivity contribution in [3.8, 4) is 5.75 Å². The molecular formula is C18H16O6. The largest absolute Gasteiger partial charge is 0.489 e. The number of carbonyl (C=O) groups excluding carboxylic acids is 1. The van der Waals surface area contributed by atoms with Gasteiger partial charge in [-0.15, -0.1) is 0 Å². The van der Waals surface area contributed by atoms with Crippen molar-refractivity contribution in [1.82, 2.24) is 0 Å². The summed E-state index contributed by atoms with van der Waals surface area (Å²) in [7, 11) is 0. The van der Waals surface area contributed by atoms with Crippen LogP contribution in [0.15, 0.2) is 42.5 Å². The van der Waals surface area contributed by atoms with Crippen molar-refractivity contribution in [3.05, 3.63) is 64.7 Å². The molecule has 0 aliphatic heterocycles. The summed E-state index contributed by atoms with van der Waals surface area (Å²) in [5.41, 5.74) is 0.643. The molecular weight excluding hydrogens is 312 g/mol. The lowest BCUT2D eigenvalue weighted by Crippen LogP contribution is -2.13. The van der Waals surface area contributed by atoms with Gasteiger partial charge in [-0.2, -0.15) is 0 Å². The van der Waals surface area contributed by atoms with E-state index in [1.165, 1.54) is 19.1 Å². The summed E-state index contributed by atoms with van der Waals surface area (Å²) < 4.78 is 5.57. The molecule has 2 N–H and O–H groups in total. The number of aromatic carboxylic acids is 1. The number of ketones is 1. The summed E-state index contributed by atoms with van der Waals surface area (Å²) >= 11 is 0. The quantitative estimate of drug-likeness (QED) is 0.758. The molecule has 2 rings (SSSR count). The van der Waals surface area contributed by atoms with E-state index in [4.69, 9.17) is 9.84 Å². The first kappa shape index (κ1) is 17.2. The van der Waals surface area contributed by atoms with Crippen molar-refractivity contribution in [2.75, 3.05) is 0 Å². The highest BCUT2D eigenvalue weighted by Gasteiger charge is 2.21. The Morgan fingerprint density at radius 1 is 1.04 bits per heavy atom. The predicted octanol–water partition coefficient (Wildman–Crippen LogP) is 2.79. The zero-order valence-corrected chi connectivity index (χ0v) is 13.0. The van der Waals surface area contributed by atoms with Gasteiger partial charge >= 0.3 is 11.9 Å². The predicted molar refractivity (Wildman–Crippen MR) is 85.5 cm³/mol. The molecule has 6 heteroatoms. The molecule has 0 spiro atoms. The summed E-state index contributed by atoms with van der Waals surface area (Å²) in [6, 6.07) is 11.9. The minimum absolute atomic E-state index is 0.100. The normalized spacial score (nSPS) is 10.2. The van der Waals surface area contributed by atoms with Crippen molar-refractivity contribution >= 4 is 17.7 Å². The van der Waals surface area contributed by atoms with Gasteiger partial charge in [0.2, 0.25) is 0 Å². The molecule has 0 amide bonds. The Morgan fingerprint density at radius 3 is 2.25 bits per heavy atom. The summed E-state index contributed by atoms with van der Waals surface area (Å²) in [5, 5.41) is 18.3. The monoisotopic (exact) mass is 328 g/mol. The molecule has 0 aromatic heterocycles. The summed E-state index contributed by atoms with van der Waals surface area (Å²) in [5.74, 6) is -2.76. The number of hydrogen-bond donors (Lipinski definition) is 2. The molecule has 6 nitrogen and oxygen atoms in total. The van der Waals surface area contributed by atoms with Crippen LogP contribution in [-0.2, 0) is 17.8 Å². The summed E-state index contributed by atoms with van der Waals surface area (Å²) in [6.45, 7) is 1.41. The molecule has 0 atom stereocenters. The number of carbonyl (C=O) groups is 3. The smallest absolute Gasteiger partial charge is 0.336 e. The Kier molecular flexibility index (Phi) is 5.31. The van der Waals surface area contributed by atoms with Crippen LogP contribution in [0.2, 0.25) is 0 Å². The number of rotatable bonds is 7. The standard InChI is InChI=1S/C18H16O6/c1-11(19)17-13(8-16(20)21)7-14(9-15(17)18(22)23)24-10-12-5-3-2-4-6-12/h2-7,9H,8,10H2,1H3,(H,20,21)(H,22,23). The fraction of sp³-hybridized carbons (Fsp3) is 0.167. The Bertz CT molecular complexity index is 780. The van der Waals surface area contributed by atoms with Crippen LogP contribution in [0.4, 0.5) is 0 Å². The van der Waals surface area contributed by atoms with Gasteiger partial charge in [0.1, 0.15) is 12.4 Å². The number of aliphatic carboxylic acids is 1. The molecule has 0 fully saturated rings. The van der Waals surface area contributed by atoms with Gasteiger partial charge in [-0.25, -0.2) is 4.79 Å². The molecule has 2 aromatic carbocycles. The molecule has 0 aliphatic carbocycles. The van der Waals surface area contributed by atoms with Gasteiger partial charge < -0.3 is 14.9 Å².